The van der Waals surface area contributed by atoms with Gasteiger partial charge in [0.2, 0.25) is 0 Å². The van der Waals surface area contributed by atoms with Crippen molar-refractivity contribution >= 4 is 21.8 Å². The van der Waals surface area contributed by atoms with Crippen LogP contribution in [0.5, 0.6) is 11.5 Å². The molecule has 0 atom stereocenters. The molecule has 0 unspecified atom stereocenters. The molecule has 3 aromatic carbocycles. The second-order valence-corrected chi connectivity index (χ2v) is 5.84. The zero-order valence-electron chi connectivity index (χ0n) is 13.8. The Labute approximate surface area is 141 Å². The third-order valence-corrected chi connectivity index (χ3v) is 4.46. The van der Waals surface area contributed by atoms with Gasteiger partial charge in [-0.15, -0.1) is 0 Å². The molecule has 1 aromatic heterocycles. The van der Waals surface area contributed by atoms with E-state index in [9.17, 15) is 0 Å². The predicted octanol–water partition coefficient (Wildman–Crippen LogP) is 4.86. The molecule has 0 aliphatic rings. The van der Waals surface area contributed by atoms with Crippen LogP contribution >= 0.6 is 0 Å². The fourth-order valence-corrected chi connectivity index (χ4v) is 3.25. The Morgan fingerprint density at radius 1 is 0.708 bits per heavy atom. The van der Waals surface area contributed by atoms with Gasteiger partial charge in [0.05, 0.1) is 14.2 Å². The molecular formula is C21H19NO2. The molecule has 4 aromatic rings. The first-order chi connectivity index (χ1) is 11.8. The van der Waals surface area contributed by atoms with Gasteiger partial charge >= 0.3 is 0 Å². The van der Waals surface area contributed by atoms with Crippen LogP contribution in [-0.4, -0.2) is 18.8 Å². The summed E-state index contributed by atoms with van der Waals surface area (Å²) in [4.78, 5) is 0. The Balaban J connectivity index is 1.99. The normalized spacial score (nSPS) is 11.1. The summed E-state index contributed by atoms with van der Waals surface area (Å²) in [5.41, 5.74) is 3.67. The quantitative estimate of drug-likeness (QED) is 0.536. The summed E-state index contributed by atoms with van der Waals surface area (Å²) in [6.07, 6.45) is 0. The molecule has 24 heavy (non-hydrogen) atoms. The number of rotatable bonds is 4. The van der Waals surface area contributed by atoms with Gasteiger partial charge in [0.25, 0.3) is 0 Å². The van der Waals surface area contributed by atoms with Gasteiger partial charge in [0.15, 0.2) is 0 Å². The molecule has 0 amide bonds. The molecule has 0 spiro atoms. The number of nitrogens with zero attached hydrogens (tertiary/aromatic N) is 1. The molecule has 3 nitrogen and oxygen atoms in total. The minimum absolute atomic E-state index is 0.833. The van der Waals surface area contributed by atoms with E-state index in [1.807, 2.05) is 18.2 Å². The SMILES string of the molecule is COc1ccc2c(c1)c1cc(OC)ccc1n2Cc1ccccc1. The van der Waals surface area contributed by atoms with E-state index < -0.39 is 0 Å². The van der Waals surface area contributed by atoms with Gasteiger partial charge in [-0.25, -0.2) is 0 Å². The summed E-state index contributed by atoms with van der Waals surface area (Å²) in [7, 11) is 3.40. The maximum absolute atomic E-state index is 5.41. The van der Waals surface area contributed by atoms with E-state index in [1.165, 1.54) is 27.4 Å². The highest BCUT2D eigenvalue weighted by Gasteiger charge is 2.12. The average molecular weight is 317 g/mol. The van der Waals surface area contributed by atoms with Gasteiger partial charge in [0, 0.05) is 28.4 Å². The third kappa shape index (κ3) is 2.38. The van der Waals surface area contributed by atoms with Crippen LogP contribution in [0.2, 0.25) is 0 Å². The summed E-state index contributed by atoms with van der Waals surface area (Å²) in [5, 5.41) is 2.36. The van der Waals surface area contributed by atoms with E-state index >= 15 is 0 Å². The summed E-state index contributed by atoms with van der Waals surface area (Å²) in [6.45, 7) is 0.833. The monoisotopic (exact) mass is 317 g/mol. The number of hydrogen-bond donors (Lipinski definition) is 0. The Hall–Kier alpha value is -2.94. The van der Waals surface area contributed by atoms with Crippen molar-refractivity contribution in [3.05, 3.63) is 72.3 Å². The summed E-state index contributed by atoms with van der Waals surface area (Å²) in [5.74, 6) is 1.73. The van der Waals surface area contributed by atoms with Crippen molar-refractivity contribution in [2.75, 3.05) is 14.2 Å². The first kappa shape index (κ1) is 14.6. The maximum atomic E-state index is 5.41. The predicted molar refractivity (Wildman–Crippen MR) is 98.1 cm³/mol. The average Bonchev–Trinajstić information content (AvgIpc) is 2.95. The summed E-state index contributed by atoms with van der Waals surface area (Å²) >= 11 is 0. The number of hydrogen-bond acceptors (Lipinski definition) is 2. The number of fused-ring (bicyclic) bond motifs is 3. The van der Waals surface area contributed by atoms with E-state index in [0.29, 0.717) is 0 Å². The lowest BCUT2D eigenvalue weighted by molar-refractivity contribution is 0.415. The lowest BCUT2D eigenvalue weighted by Crippen LogP contribution is -1.99. The summed E-state index contributed by atoms with van der Waals surface area (Å²) in [6, 6.07) is 23.0. The third-order valence-electron chi connectivity index (χ3n) is 4.46. The first-order valence-corrected chi connectivity index (χ1v) is 7.98. The molecule has 0 saturated carbocycles. The van der Waals surface area contributed by atoms with E-state index in [2.05, 4.69) is 53.1 Å². The Kier molecular flexibility index (Phi) is 3.62. The van der Waals surface area contributed by atoms with Gasteiger partial charge in [-0.1, -0.05) is 30.3 Å². The van der Waals surface area contributed by atoms with Crippen molar-refractivity contribution in [2.45, 2.75) is 6.54 Å². The van der Waals surface area contributed by atoms with Crippen LogP contribution in [0.1, 0.15) is 5.56 Å². The van der Waals surface area contributed by atoms with Crippen molar-refractivity contribution in [3.8, 4) is 11.5 Å². The Morgan fingerprint density at radius 3 is 1.75 bits per heavy atom. The van der Waals surface area contributed by atoms with Crippen LogP contribution in [-0.2, 0) is 6.54 Å². The highest BCUT2D eigenvalue weighted by atomic mass is 16.5. The Bertz CT molecular complexity index is 941. The van der Waals surface area contributed by atoms with E-state index in [-0.39, 0.29) is 0 Å². The van der Waals surface area contributed by atoms with Gasteiger partial charge in [-0.2, -0.15) is 0 Å². The largest absolute Gasteiger partial charge is 0.497 e. The minimum Gasteiger partial charge on any atom is -0.497 e. The zero-order chi connectivity index (χ0) is 16.5. The topological polar surface area (TPSA) is 23.4 Å². The van der Waals surface area contributed by atoms with Gasteiger partial charge in [0.1, 0.15) is 11.5 Å². The van der Waals surface area contributed by atoms with Gasteiger partial charge in [-0.05, 0) is 42.0 Å². The molecule has 4 rings (SSSR count). The molecular weight excluding hydrogens is 298 g/mol. The maximum Gasteiger partial charge on any atom is 0.119 e. The van der Waals surface area contributed by atoms with Crippen LogP contribution in [0, 0.1) is 0 Å². The smallest absolute Gasteiger partial charge is 0.119 e. The first-order valence-electron chi connectivity index (χ1n) is 7.98. The van der Waals surface area contributed by atoms with Crippen LogP contribution < -0.4 is 9.47 Å². The summed E-state index contributed by atoms with van der Waals surface area (Å²) < 4.78 is 13.2. The minimum atomic E-state index is 0.833. The molecule has 0 fully saturated rings. The van der Waals surface area contributed by atoms with Crippen molar-refractivity contribution in [3.63, 3.8) is 0 Å². The molecule has 0 saturated heterocycles. The van der Waals surface area contributed by atoms with Crippen molar-refractivity contribution < 1.29 is 9.47 Å². The van der Waals surface area contributed by atoms with E-state index in [1.54, 1.807) is 14.2 Å². The lowest BCUT2D eigenvalue weighted by atomic mass is 10.1. The van der Waals surface area contributed by atoms with Crippen LogP contribution in [0.15, 0.2) is 66.7 Å². The van der Waals surface area contributed by atoms with Crippen molar-refractivity contribution in [1.82, 2.24) is 4.57 Å². The molecule has 120 valence electrons. The zero-order valence-corrected chi connectivity index (χ0v) is 13.8. The highest BCUT2D eigenvalue weighted by molar-refractivity contribution is 6.09. The molecule has 0 bridgehead atoms. The molecule has 0 radical (unpaired) electrons. The number of methoxy groups -OCH3 is 2. The fraction of sp³-hybridized carbons (Fsp3) is 0.143. The second-order valence-electron chi connectivity index (χ2n) is 5.84. The lowest BCUT2D eigenvalue weighted by Gasteiger charge is -2.08. The van der Waals surface area contributed by atoms with E-state index in [4.69, 9.17) is 9.47 Å². The van der Waals surface area contributed by atoms with Crippen molar-refractivity contribution in [2.24, 2.45) is 0 Å². The van der Waals surface area contributed by atoms with E-state index in [0.717, 1.165) is 18.0 Å². The number of aromatic nitrogens is 1. The number of benzene rings is 3. The molecule has 0 aliphatic heterocycles. The molecule has 0 aliphatic carbocycles. The van der Waals surface area contributed by atoms with Gasteiger partial charge < -0.3 is 14.0 Å². The Morgan fingerprint density at radius 2 is 1.25 bits per heavy atom. The van der Waals surface area contributed by atoms with Crippen LogP contribution in [0.25, 0.3) is 21.8 Å². The van der Waals surface area contributed by atoms with Crippen molar-refractivity contribution in [1.29, 1.82) is 0 Å². The highest BCUT2D eigenvalue weighted by Crippen LogP contribution is 2.34. The standard InChI is InChI=1S/C21H19NO2/c1-23-16-8-10-20-18(12-16)19-13-17(24-2)9-11-21(19)22(20)14-15-6-4-3-5-7-15/h3-13H,14H2,1-2H3. The molecule has 3 heteroatoms. The number of ether oxygens (including phenoxy) is 2. The van der Waals surface area contributed by atoms with Crippen LogP contribution in [0.4, 0.5) is 0 Å². The molecule has 0 N–H and O–H groups in total. The molecule has 1 heterocycles. The van der Waals surface area contributed by atoms with Crippen LogP contribution in [0.3, 0.4) is 0 Å². The van der Waals surface area contributed by atoms with Gasteiger partial charge in [-0.3, -0.25) is 0 Å². The second kappa shape index (κ2) is 5.93. The fourth-order valence-electron chi connectivity index (χ4n) is 3.25.